The summed E-state index contributed by atoms with van der Waals surface area (Å²) in [5, 5.41) is 4.93. The van der Waals surface area contributed by atoms with Crippen LogP contribution in [0.4, 0.5) is 5.82 Å². The SMILES string of the molecule is Cc1nc(NCc2nc3ccccn3c2Cl)c2ccccc2n1. The van der Waals surface area contributed by atoms with Crippen molar-refractivity contribution in [3.8, 4) is 0 Å². The first-order valence-electron chi connectivity index (χ1n) is 7.31. The van der Waals surface area contributed by atoms with Crippen LogP contribution < -0.4 is 5.32 Å². The van der Waals surface area contributed by atoms with Gasteiger partial charge in [-0.3, -0.25) is 4.40 Å². The van der Waals surface area contributed by atoms with Crippen molar-refractivity contribution in [3.05, 3.63) is 65.3 Å². The summed E-state index contributed by atoms with van der Waals surface area (Å²) in [7, 11) is 0. The number of benzene rings is 1. The lowest BCUT2D eigenvalue weighted by Crippen LogP contribution is -2.05. The van der Waals surface area contributed by atoms with Crippen molar-refractivity contribution in [3.63, 3.8) is 0 Å². The minimum atomic E-state index is 0.501. The molecule has 0 amide bonds. The largest absolute Gasteiger partial charge is 0.364 e. The molecule has 23 heavy (non-hydrogen) atoms. The van der Waals surface area contributed by atoms with Gasteiger partial charge in [0.05, 0.1) is 17.8 Å². The van der Waals surface area contributed by atoms with Gasteiger partial charge in [-0.15, -0.1) is 0 Å². The van der Waals surface area contributed by atoms with Crippen LogP contribution >= 0.6 is 11.6 Å². The average molecular weight is 324 g/mol. The van der Waals surface area contributed by atoms with Crippen LogP contribution in [-0.4, -0.2) is 19.4 Å². The molecule has 4 rings (SSSR count). The number of aromatic nitrogens is 4. The standard InChI is InChI=1S/C17H14ClN5/c1-11-20-13-7-3-2-6-12(13)17(21-11)19-10-14-16(18)23-9-5-4-8-15(23)22-14/h2-9H,10H2,1H3,(H,19,20,21). The van der Waals surface area contributed by atoms with Gasteiger partial charge in [0.1, 0.15) is 22.4 Å². The second-order valence-electron chi connectivity index (χ2n) is 5.27. The van der Waals surface area contributed by atoms with Crippen molar-refractivity contribution < 1.29 is 0 Å². The van der Waals surface area contributed by atoms with E-state index in [1.807, 2.05) is 60.0 Å². The van der Waals surface area contributed by atoms with Gasteiger partial charge in [0.25, 0.3) is 0 Å². The number of fused-ring (bicyclic) bond motifs is 2. The molecular formula is C17H14ClN5. The zero-order valence-electron chi connectivity index (χ0n) is 12.5. The highest BCUT2D eigenvalue weighted by molar-refractivity contribution is 6.30. The number of nitrogens with one attached hydrogen (secondary N) is 1. The van der Waals surface area contributed by atoms with Crippen LogP contribution in [0.1, 0.15) is 11.5 Å². The number of aryl methyl sites for hydroxylation is 1. The Balaban J connectivity index is 1.70. The number of hydrogen-bond acceptors (Lipinski definition) is 4. The van der Waals surface area contributed by atoms with Crippen molar-refractivity contribution >= 4 is 34.0 Å². The number of pyridine rings is 1. The van der Waals surface area contributed by atoms with Crippen LogP contribution in [0.25, 0.3) is 16.6 Å². The zero-order chi connectivity index (χ0) is 15.8. The third-order valence-electron chi connectivity index (χ3n) is 3.68. The molecule has 1 aromatic carbocycles. The lowest BCUT2D eigenvalue weighted by Gasteiger charge is -2.08. The van der Waals surface area contributed by atoms with E-state index in [9.17, 15) is 0 Å². The van der Waals surface area contributed by atoms with Gasteiger partial charge < -0.3 is 5.32 Å². The Morgan fingerprint density at radius 1 is 1.04 bits per heavy atom. The summed E-state index contributed by atoms with van der Waals surface area (Å²) >= 11 is 6.40. The van der Waals surface area contributed by atoms with Crippen LogP contribution in [0.2, 0.25) is 5.15 Å². The molecule has 3 heterocycles. The summed E-state index contributed by atoms with van der Waals surface area (Å²) in [4.78, 5) is 13.5. The highest BCUT2D eigenvalue weighted by Gasteiger charge is 2.11. The minimum Gasteiger partial charge on any atom is -0.364 e. The molecule has 0 spiro atoms. The third kappa shape index (κ3) is 2.49. The monoisotopic (exact) mass is 323 g/mol. The lowest BCUT2D eigenvalue weighted by atomic mass is 10.2. The Bertz CT molecular complexity index is 1010. The molecule has 0 saturated carbocycles. The van der Waals surface area contributed by atoms with Crippen molar-refractivity contribution in [1.82, 2.24) is 19.4 Å². The Labute approximate surface area is 138 Å². The zero-order valence-corrected chi connectivity index (χ0v) is 13.2. The summed E-state index contributed by atoms with van der Waals surface area (Å²) in [5.41, 5.74) is 2.54. The van der Waals surface area contributed by atoms with Gasteiger partial charge in [-0.25, -0.2) is 15.0 Å². The van der Waals surface area contributed by atoms with E-state index in [4.69, 9.17) is 11.6 Å². The van der Waals surface area contributed by atoms with Crippen molar-refractivity contribution in [2.24, 2.45) is 0 Å². The third-order valence-corrected chi connectivity index (χ3v) is 4.08. The molecule has 0 saturated heterocycles. The van der Waals surface area contributed by atoms with E-state index in [2.05, 4.69) is 20.3 Å². The van der Waals surface area contributed by atoms with Crippen molar-refractivity contribution in [1.29, 1.82) is 0 Å². The van der Waals surface area contributed by atoms with E-state index in [-0.39, 0.29) is 0 Å². The van der Waals surface area contributed by atoms with Crippen LogP contribution in [0, 0.1) is 6.92 Å². The Kier molecular flexibility index (Phi) is 3.35. The average Bonchev–Trinajstić information content (AvgIpc) is 2.89. The van der Waals surface area contributed by atoms with Gasteiger partial charge in [0.15, 0.2) is 0 Å². The number of hydrogen-bond donors (Lipinski definition) is 1. The highest BCUT2D eigenvalue weighted by Crippen LogP contribution is 2.23. The smallest absolute Gasteiger partial charge is 0.138 e. The maximum atomic E-state index is 6.40. The summed E-state index contributed by atoms with van der Waals surface area (Å²) in [6.45, 7) is 2.39. The van der Waals surface area contributed by atoms with Crippen LogP contribution in [0.3, 0.4) is 0 Å². The summed E-state index contributed by atoms with van der Waals surface area (Å²) < 4.78 is 1.86. The molecule has 0 aliphatic heterocycles. The van der Waals surface area contributed by atoms with Crippen LogP contribution in [0.5, 0.6) is 0 Å². The molecule has 0 fully saturated rings. The summed E-state index contributed by atoms with van der Waals surface area (Å²) in [5.74, 6) is 1.52. The van der Waals surface area contributed by atoms with E-state index >= 15 is 0 Å². The topological polar surface area (TPSA) is 55.1 Å². The molecule has 0 aliphatic rings. The number of para-hydroxylation sites is 1. The molecule has 0 aliphatic carbocycles. The first kappa shape index (κ1) is 14.0. The Hall–Kier alpha value is -2.66. The lowest BCUT2D eigenvalue weighted by molar-refractivity contribution is 1.03. The second-order valence-corrected chi connectivity index (χ2v) is 5.63. The van der Waals surface area contributed by atoms with E-state index in [1.54, 1.807) is 0 Å². The van der Waals surface area contributed by atoms with Gasteiger partial charge in [0, 0.05) is 11.6 Å². The van der Waals surface area contributed by atoms with E-state index in [1.165, 1.54) is 0 Å². The predicted octanol–water partition coefficient (Wildman–Crippen LogP) is 3.85. The Morgan fingerprint density at radius 3 is 2.74 bits per heavy atom. The molecule has 5 nitrogen and oxygen atoms in total. The normalized spacial score (nSPS) is 11.2. The van der Waals surface area contributed by atoms with Crippen LogP contribution in [0.15, 0.2) is 48.7 Å². The maximum Gasteiger partial charge on any atom is 0.138 e. The maximum absolute atomic E-state index is 6.40. The fourth-order valence-corrected chi connectivity index (χ4v) is 2.87. The molecule has 1 N–H and O–H groups in total. The summed E-state index contributed by atoms with van der Waals surface area (Å²) in [6, 6.07) is 13.7. The first-order valence-corrected chi connectivity index (χ1v) is 7.69. The van der Waals surface area contributed by atoms with E-state index in [0.29, 0.717) is 11.7 Å². The molecule has 3 aromatic heterocycles. The van der Waals surface area contributed by atoms with Crippen LogP contribution in [-0.2, 0) is 6.54 Å². The van der Waals surface area contributed by atoms with Crippen molar-refractivity contribution in [2.45, 2.75) is 13.5 Å². The molecular weight excluding hydrogens is 310 g/mol. The van der Waals surface area contributed by atoms with Gasteiger partial charge in [-0.1, -0.05) is 29.8 Å². The van der Waals surface area contributed by atoms with E-state index in [0.717, 1.165) is 33.9 Å². The number of rotatable bonds is 3. The quantitative estimate of drug-likeness (QED) is 0.622. The molecule has 4 aromatic rings. The first-order chi connectivity index (χ1) is 11.2. The fraction of sp³-hybridized carbons (Fsp3) is 0.118. The second kappa shape index (κ2) is 5.52. The minimum absolute atomic E-state index is 0.501. The molecule has 0 radical (unpaired) electrons. The van der Waals surface area contributed by atoms with Crippen molar-refractivity contribution in [2.75, 3.05) is 5.32 Å². The van der Waals surface area contributed by atoms with Gasteiger partial charge >= 0.3 is 0 Å². The number of halogens is 1. The van der Waals surface area contributed by atoms with Gasteiger partial charge in [0.2, 0.25) is 0 Å². The molecule has 114 valence electrons. The van der Waals surface area contributed by atoms with E-state index < -0.39 is 0 Å². The number of imidazole rings is 1. The molecule has 0 atom stereocenters. The Morgan fingerprint density at radius 2 is 1.87 bits per heavy atom. The highest BCUT2D eigenvalue weighted by atomic mass is 35.5. The number of nitrogens with zero attached hydrogens (tertiary/aromatic N) is 4. The van der Waals surface area contributed by atoms with Gasteiger partial charge in [-0.2, -0.15) is 0 Å². The molecule has 0 unspecified atom stereocenters. The van der Waals surface area contributed by atoms with Gasteiger partial charge in [-0.05, 0) is 31.2 Å². The predicted molar refractivity (Wildman–Crippen MR) is 91.8 cm³/mol. The fourth-order valence-electron chi connectivity index (χ4n) is 2.62. The molecule has 0 bridgehead atoms. The summed E-state index contributed by atoms with van der Waals surface area (Å²) in [6.07, 6.45) is 1.90. The number of anilines is 1. The molecule has 6 heteroatoms.